The number of para-hydroxylation sites is 2. The Morgan fingerprint density at radius 1 is 0.444 bits per heavy atom. The Kier molecular flexibility index (Phi) is 5.65. The van der Waals surface area contributed by atoms with Crippen LogP contribution in [0.4, 0.5) is 17.1 Å². The topological polar surface area (TPSA) is 53.9 Å². The van der Waals surface area contributed by atoms with E-state index in [1.807, 2.05) is 60.7 Å². The van der Waals surface area contributed by atoms with Gasteiger partial charge in [0, 0.05) is 33.5 Å². The van der Waals surface area contributed by atoms with Crippen LogP contribution >= 0.6 is 0 Å². The first kappa shape index (κ1) is 25.4. The van der Waals surface area contributed by atoms with Crippen LogP contribution in [0.25, 0.3) is 45.3 Å². The Hall–Kier alpha value is -6.07. The number of hydrogen-bond acceptors (Lipinski definition) is 5. The molecule has 5 nitrogen and oxygen atoms in total. The van der Waals surface area contributed by atoms with E-state index in [9.17, 15) is 0 Å². The molecular formula is C40H27N5. The van der Waals surface area contributed by atoms with E-state index in [1.165, 1.54) is 22.3 Å². The predicted octanol–water partition coefficient (Wildman–Crippen LogP) is 9.32. The molecule has 7 aromatic rings. The van der Waals surface area contributed by atoms with Crippen molar-refractivity contribution >= 4 is 17.1 Å². The summed E-state index contributed by atoms with van der Waals surface area (Å²) in [6.45, 7) is 0. The smallest absolute Gasteiger partial charge is 0.169 e. The molecule has 9 rings (SSSR count). The standard InChI is InChI=1S/C40H27N5/c1-3-14-27(15-4-1)37-41-38(28-16-5-2-6-17-28)43-39(42-37)29-18-13-19-30(26-29)45-36-25-12-11-24-35(36)44-40(45)33-22-9-7-20-31(33)32-21-8-10-23-34(32)40/h1-26,44H. The Balaban J connectivity index is 1.25. The number of hydrogen-bond donors (Lipinski definition) is 1. The Morgan fingerprint density at radius 2 is 0.933 bits per heavy atom. The lowest BCUT2D eigenvalue weighted by Crippen LogP contribution is -2.45. The number of benzene rings is 6. The molecule has 45 heavy (non-hydrogen) atoms. The fourth-order valence-electron chi connectivity index (χ4n) is 6.85. The second-order valence-electron chi connectivity index (χ2n) is 11.4. The maximum atomic E-state index is 5.02. The quantitative estimate of drug-likeness (QED) is 0.226. The summed E-state index contributed by atoms with van der Waals surface area (Å²) in [5.41, 5.74) is 10.4. The number of aromatic nitrogens is 3. The molecule has 5 heteroatoms. The van der Waals surface area contributed by atoms with Gasteiger partial charge in [0.05, 0.1) is 11.4 Å². The number of nitrogens with zero attached hydrogens (tertiary/aromatic N) is 4. The van der Waals surface area contributed by atoms with Crippen molar-refractivity contribution in [2.75, 3.05) is 10.2 Å². The van der Waals surface area contributed by atoms with Crippen LogP contribution in [0.3, 0.4) is 0 Å². The monoisotopic (exact) mass is 577 g/mol. The third-order valence-corrected chi connectivity index (χ3v) is 8.78. The van der Waals surface area contributed by atoms with Gasteiger partial charge < -0.3 is 10.2 Å². The molecule has 6 aromatic carbocycles. The van der Waals surface area contributed by atoms with Crippen LogP contribution in [0.5, 0.6) is 0 Å². The van der Waals surface area contributed by atoms with E-state index in [0.717, 1.165) is 33.8 Å². The average Bonchev–Trinajstić information content (AvgIpc) is 3.62. The maximum absolute atomic E-state index is 5.02. The summed E-state index contributed by atoms with van der Waals surface area (Å²) in [5.74, 6) is 1.92. The van der Waals surface area contributed by atoms with Crippen LogP contribution < -0.4 is 10.2 Å². The molecular weight excluding hydrogens is 550 g/mol. The highest BCUT2D eigenvalue weighted by Gasteiger charge is 2.52. The first-order chi connectivity index (χ1) is 22.3. The molecule has 1 aliphatic carbocycles. The van der Waals surface area contributed by atoms with Crippen LogP contribution in [0.2, 0.25) is 0 Å². The first-order valence-electron chi connectivity index (χ1n) is 15.1. The molecule has 1 spiro atoms. The largest absolute Gasteiger partial charge is 0.353 e. The highest BCUT2D eigenvalue weighted by atomic mass is 15.4. The molecule has 0 saturated heterocycles. The number of rotatable bonds is 4. The van der Waals surface area contributed by atoms with E-state index in [-0.39, 0.29) is 0 Å². The van der Waals surface area contributed by atoms with Crippen LogP contribution in [0.1, 0.15) is 11.1 Å². The zero-order valence-electron chi connectivity index (χ0n) is 24.3. The molecule has 0 amide bonds. The van der Waals surface area contributed by atoms with Crippen LogP contribution in [0, 0.1) is 0 Å². The fraction of sp³-hybridized carbons (Fsp3) is 0.0250. The molecule has 0 bridgehead atoms. The lowest BCUT2D eigenvalue weighted by atomic mass is 9.94. The van der Waals surface area contributed by atoms with Crippen molar-refractivity contribution in [3.05, 3.63) is 169 Å². The van der Waals surface area contributed by atoms with Crippen molar-refractivity contribution in [3.8, 4) is 45.3 Å². The maximum Gasteiger partial charge on any atom is 0.169 e. The summed E-state index contributed by atoms with van der Waals surface area (Å²) >= 11 is 0. The summed E-state index contributed by atoms with van der Waals surface area (Å²) in [4.78, 5) is 17.4. The second kappa shape index (κ2) is 10.00. The molecule has 0 fully saturated rings. The minimum absolute atomic E-state index is 0.612. The van der Waals surface area contributed by atoms with Gasteiger partial charge in [-0.3, -0.25) is 0 Å². The van der Waals surface area contributed by atoms with Crippen molar-refractivity contribution in [1.29, 1.82) is 0 Å². The van der Waals surface area contributed by atoms with Gasteiger partial charge in [-0.05, 0) is 35.4 Å². The van der Waals surface area contributed by atoms with E-state index in [0.29, 0.717) is 17.5 Å². The van der Waals surface area contributed by atoms with Crippen LogP contribution in [-0.4, -0.2) is 15.0 Å². The van der Waals surface area contributed by atoms with Crippen LogP contribution in [0.15, 0.2) is 158 Å². The van der Waals surface area contributed by atoms with E-state index in [1.54, 1.807) is 0 Å². The zero-order valence-corrected chi connectivity index (χ0v) is 24.3. The van der Waals surface area contributed by atoms with Crippen molar-refractivity contribution in [2.24, 2.45) is 0 Å². The molecule has 0 radical (unpaired) electrons. The van der Waals surface area contributed by atoms with E-state index in [2.05, 4.69) is 107 Å². The predicted molar refractivity (Wildman–Crippen MR) is 181 cm³/mol. The van der Waals surface area contributed by atoms with Gasteiger partial charge in [-0.25, -0.2) is 15.0 Å². The minimum atomic E-state index is -0.612. The second-order valence-corrected chi connectivity index (χ2v) is 11.4. The van der Waals surface area contributed by atoms with E-state index < -0.39 is 5.66 Å². The normalized spacial score (nSPS) is 13.6. The molecule has 1 N–H and O–H groups in total. The lowest BCUT2D eigenvalue weighted by Gasteiger charge is -2.39. The molecule has 1 aromatic heterocycles. The van der Waals surface area contributed by atoms with E-state index >= 15 is 0 Å². The summed E-state index contributed by atoms with van der Waals surface area (Å²) in [6.07, 6.45) is 0. The molecule has 1 aliphatic heterocycles. The van der Waals surface area contributed by atoms with E-state index in [4.69, 9.17) is 15.0 Å². The number of nitrogens with one attached hydrogen (secondary N) is 1. The summed E-state index contributed by atoms with van der Waals surface area (Å²) in [7, 11) is 0. The van der Waals surface area contributed by atoms with Gasteiger partial charge in [0.1, 0.15) is 0 Å². The molecule has 212 valence electrons. The van der Waals surface area contributed by atoms with Crippen molar-refractivity contribution in [2.45, 2.75) is 5.66 Å². The van der Waals surface area contributed by atoms with Gasteiger partial charge in [-0.2, -0.15) is 0 Å². The summed E-state index contributed by atoms with van der Waals surface area (Å²) in [5, 5.41) is 3.98. The lowest BCUT2D eigenvalue weighted by molar-refractivity contribution is 0.642. The first-order valence-corrected chi connectivity index (χ1v) is 15.1. The van der Waals surface area contributed by atoms with Crippen LogP contribution in [-0.2, 0) is 5.66 Å². The van der Waals surface area contributed by atoms with Crippen molar-refractivity contribution in [1.82, 2.24) is 15.0 Å². The van der Waals surface area contributed by atoms with Crippen molar-refractivity contribution < 1.29 is 0 Å². The SMILES string of the molecule is c1ccc(-c2nc(-c3ccccc3)nc(-c3cccc(N4c5ccccc5NC45c4ccccc4-c4ccccc45)c3)n2)cc1. The van der Waals surface area contributed by atoms with Gasteiger partial charge in [0.25, 0.3) is 0 Å². The Labute approximate surface area is 261 Å². The zero-order chi connectivity index (χ0) is 29.8. The van der Waals surface area contributed by atoms with Gasteiger partial charge in [-0.1, -0.05) is 133 Å². The molecule has 0 unspecified atom stereocenters. The number of fused-ring (bicyclic) bond motifs is 6. The van der Waals surface area contributed by atoms with Gasteiger partial charge in [-0.15, -0.1) is 0 Å². The number of anilines is 3. The molecule has 2 heterocycles. The fourth-order valence-corrected chi connectivity index (χ4v) is 6.85. The van der Waals surface area contributed by atoms with Gasteiger partial charge in [0.15, 0.2) is 23.1 Å². The van der Waals surface area contributed by atoms with Crippen molar-refractivity contribution in [3.63, 3.8) is 0 Å². The third kappa shape index (κ3) is 3.91. The summed E-state index contributed by atoms with van der Waals surface area (Å²) < 4.78 is 0. The highest BCUT2D eigenvalue weighted by Crippen LogP contribution is 2.59. The average molecular weight is 578 g/mol. The minimum Gasteiger partial charge on any atom is -0.353 e. The Morgan fingerprint density at radius 3 is 1.56 bits per heavy atom. The molecule has 0 saturated carbocycles. The third-order valence-electron chi connectivity index (χ3n) is 8.78. The summed E-state index contributed by atoms with van der Waals surface area (Å²) in [6, 6.07) is 54.8. The van der Waals surface area contributed by atoms with Gasteiger partial charge >= 0.3 is 0 Å². The molecule has 0 atom stereocenters. The van der Waals surface area contributed by atoms with Gasteiger partial charge in [0.2, 0.25) is 0 Å². The highest BCUT2D eigenvalue weighted by molar-refractivity contribution is 5.94. The molecule has 2 aliphatic rings. The Bertz CT molecular complexity index is 2110.